The number of ether oxygens (including phenoxy) is 2. The van der Waals surface area contributed by atoms with E-state index in [9.17, 15) is 0 Å². The Labute approximate surface area is 63.5 Å². The Balaban J connectivity index is 2.65. The molecular weight excluding hydrogens is 128 g/mol. The summed E-state index contributed by atoms with van der Waals surface area (Å²) in [6, 6.07) is 0. The van der Waals surface area contributed by atoms with Crippen LogP contribution in [-0.2, 0) is 9.47 Å². The van der Waals surface area contributed by atoms with Gasteiger partial charge in [-0.25, -0.2) is 0 Å². The quantitative estimate of drug-likeness (QED) is 0.504. The van der Waals surface area contributed by atoms with Crippen molar-refractivity contribution in [3.63, 3.8) is 0 Å². The molecule has 0 aromatic rings. The second kappa shape index (κ2) is 8.92. The fraction of sp³-hybridized carbons (Fsp3) is 0.750. The molecule has 0 atom stereocenters. The molecule has 2 heteroatoms. The van der Waals surface area contributed by atoms with Gasteiger partial charge in [0.05, 0.1) is 13.2 Å². The SMILES string of the molecule is [CH2]CCCOCCOC[CH2]. The first-order chi connectivity index (χ1) is 4.91. The zero-order chi connectivity index (χ0) is 7.66. The van der Waals surface area contributed by atoms with E-state index in [-0.39, 0.29) is 0 Å². The molecule has 60 valence electrons. The summed E-state index contributed by atoms with van der Waals surface area (Å²) in [7, 11) is 0. The van der Waals surface area contributed by atoms with Gasteiger partial charge in [-0.2, -0.15) is 0 Å². The van der Waals surface area contributed by atoms with Gasteiger partial charge in [0.1, 0.15) is 0 Å². The molecule has 0 aliphatic rings. The van der Waals surface area contributed by atoms with Gasteiger partial charge >= 0.3 is 0 Å². The first kappa shape index (κ1) is 9.92. The summed E-state index contributed by atoms with van der Waals surface area (Å²) >= 11 is 0. The second-order valence-electron chi connectivity index (χ2n) is 1.93. The zero-order valence-corrected chi connectivity index (χ0v) is 6.47. The Morgan fingerprint density at radius 1 is 0.900 bits per heavy atom. The van der Waals surface area contributed by atoms with Crippen molar-refractivity contribution < 1.29 is 9.47 Å². The van der Waals surface area contributed by atoms with E-state index in [0.717, 1.165) is 19.4 Å². The van der Waals surface area contributed by atoms with Crippen LogP contribution in [0.3, 0.4) is 0 Å². The largest absolute Gasteiger partial charge is 0.379 e. The number of hydrogen-bond donors (Lipinski definition) is 0. The van der Waals surface area contributed by atoms with Crippen LogP contribution < -0.4 is 0 Å². The molecule has 2 radical (unpaired) electrons. The molecule has 0 aromatic carbocycles. The summed E-state index contributed by atoms with van der Waals surface area (Å²) in [4.78, 5) is 0. The maximum absolute atomic E-state index is 5.18. The molecule has 2 nitrogen and oxygen atoms in total. The van der Waals surface area contributed by atoms with E-state index in [4.69, 9.17) is 9.47 Å². The fourth-order valence-electron chi connectivity index (χ4n) is 0.526. The van der Waals surface area contributed by atoms with Gasteiger partial charge in [-0.1, -0.05) is 13.3 Å². The lowest BCUT2D eigenvalue weighted by molar-refractivity contribution is 0.0571. The van der Waals surface area contributed by atoms with Crippen molar-refractivity contribution in [2.75, 3.05) is 26.4 Å². The van der Waals surface area contributed by atoms with Crippen molar-refractivity contribution in [2.24, 2.45) is 0 Å². The summed E-state index contributed by atoms with van der Waals surface area (Å²) in [5.41, 5.74) is 0. The van der Waals surface area contributed by atoms with Crippen molar-refractivity contribution in [1.82, 2.24) is 0 Å². The molecule has 0 spiro atoms. The molecule has 0 fully saturated rings. The molecule has 0 saturated carbocycles. The average molecular weight is 144 g/mol. The summed E-state index contributed by atoms with van der Waals surface area (Å²) < 4.78 is 10.1. The smallest absolute Gasteiger partial charge is 0.0700 e. The summed E-state index contributed by atoms with van der Waals surface area (Å²) in [6.07, 6.45) is 1.97. The van der Waals surface area contributed by atoms with Gasteiger partial charge in [-0.3, -0.25) is 0 Å². The third-order valence-electron chi connectivity index (χ3n) is 1.06. The van der Waals surface area contributed by atoms with Crippen LogP contribution in [0.1, 0.15) is 12.8 Å². The third-order valence-corrected chi connectivity index (χ3v) is 1.06. The highest BCUT2D eigenvalue weighted by molar-refractivity contribution is 4.39. The topological polar surface area (TPSA) is 18.5 Å². The predicted octanol–water partition coefficient (Wildman–Crippen LogP) is 1.47. The fourth-order valence-corrected chi connectivity index (χ4v) is 0.526. The zero-order valence-electron chi connectivity index (χ0n) is 6.47. The van der Waals surface area contributed by atoms with Crippen LogP contribution >= 0.6 is 0 Å². The summed E-state index contributed by atoms with van der Waals surface area (Å²) in [6.45, 7) is 9.88. The predicted molar refractivity (Wildman–Crippen MR) is 41.6 cm³/mol. The number of hydrogen-bond acceptors (Lipinski definition) is 2. The molecule has 0 saturated heterocycles. The first-order valence-electron chi connectivity index (χ1n) is 3.65. The molecule has 0 N–H and O–H groups in total. The van der Waals surface area contributed by atoms with Crippen LogP contribution in [0.25, 0.3) is 0 Å². The van der Waals surface area contributed by atoms with Crippen molar-refractivity contribution in [3.05, 3.63) is 13.8 Å². The molecule has 0 unspecified atom stereocenters. The highest BCUT2D eigenvalue weighted by Gasteiger charge is 1.86. The third kappa shape index (κ3) is 7.92. The molecule has 0 rings (SSSR count). The monoisotopic (exact) mass is 144 g/mol. The van der Waals surface area contributed by atoms with Crippen LogP contribution in [0.4, 0.5) is 0 Å². The molecule has 0 aliphatic heterocycles. The summed E-state index contributed by atoms with van der Waals surface area (Å²) in [5.74, 6) is 0. The minimum Gasteiger partial charge on any atom is -0.379 e. The Bertz CT molecular complexity index is 47.2. The lowest BCUT2D eigenvalue weighted by Gasteiger charge is -2.01. The van der Waals surface area contributed by atoms with Crippen molar-refractivity contribution in [1.29, 1.82) is 0 Å². The molecule has 0 aliphatic carbocycles. The van der Waals surface area contributed by atoms with Gasteiger partial charge < -0.3 is 9.47 Å². The molecule has 0 aromatic heterocycles. The molecule has 10 heavy (non-hydrogen) atoms. The minimum absolute atomic E-state index is 0.526. The van der Waals surface area contributed by atoms with Gasteiger partial charge in [0.25, 0.3) is 0 Å². The van der Waals surface area contributed by atoms with E-state index in [0.29, 0.717) is 19.8 Å². The molecule has 0 bridgehead atoms. The van der Waals surface area contributed by atoms with Gasteiger partial charge in [0, 0.05) is 13.2 Å². The van der Waals surface area contributed by atoms with E-state index in [1.807, 2.05) is 0 Å². The van der Waals surface area contributed by atoms with Crippen molar-refractivity contribution in [2.45, 2.75) is 12.8 Å². The minimum atomic E-state index is 0.526. The van der Waals surface area contributed by atoms with Crippen LogP contribution in [0, 0.1) is 13.8 Å². The normalized spacial score (nSPS) is 10.2. The average Bonchev–Trinajstić information content (AvgIpc) is 1.97. The van der Waals surface area contributed by atoms with E-state index in [1.165, 1.54) is 0 Å². The van der Waals surface area contributed by atoms with Gasteiger partial charge in [0.15, 0.2) is 0 Å². The molecule has 0 amide bonds. The van der Waals surface area contributed by atoms with Crippen LogP contribution in [0.2, 0.25) is 0 Å². The van der Waals surface area contributed by atoms with Crippen LogP contribution in [0.5, 0.6) is 0 Å². The maximum Gasteiger partial charge on any atom is 0.0700 e. The van der Waals surface area contributed by atoms with Crippen LogP contribution in [-0.4, -0.2) is 26.4 Å². The second-order valence-corrected chi connectivity index (χ2v) is 1.93. The Morgan fingerprint density at radius 2 is 1.60 bits per heavy atom. The standard InChI is InChI=1S/C8H16O2/c1-3-5-6-10-8-7-9-4-2/h1-8H2. The number of unbranched alkanes of at least 4 members (excludes halogenated alkanes) is 1. The first-order valence-corrected chi connectivity index (χ1v) is 3.65. The van der Waals surface area contributed by atoms with Crippen LogP contribution in [0.15, 0.2) is 0 Å². The highest BCUT2D eigenvalue weighted by Crippen LogP contribution is 1.86. The molecule has 0 heterocycles. The lowest BCUT2D eigenvalue weighted by atomic mass is 10.4. The van der Waals surface area contributed by atoms with Gasteiger partial charge in [-0.05, 0) is 13.3 Å². The Morgan fingerprint density at radius 3 is 2.20 bits per heavy atom. The van der Waals surface area contributed by atoms with E-state index < -0.39 is 0 Å². The number of rotatable bonds is 7. The van der Waals surface area contributed by atoms with Crippen molar-refractivity contribution >= 4 is 0 Å². The van der Waals surface area contributed by atoms with Crippen molar-refractivity contribution in [3.8, 4) is 0 Å². The van der Waals surface area contributed by atoms with E-state index in [1.54, 1.807) is 0 Å². The van der Waals surface area contributed by atoms with E-state index >= 15 is 0 Å². The van der Waals surface area contributed by atoms with Gasteiger partial charge in [-0.15, -0.1) is 0 Å². The Hall–Kier alpha value is -0.0800. The maximum atomic E-state index is 5.18. The Kier molecular flexibility index (Phi) is 8.85. The summed E-state index contributed by atoms with van der Waals surface area (Å²) in [5, 5.41) is 0. The lowest BCUT2D eigenvalue weighted by Crippen LogP contribution is -2.04. The highest BCUT2D eigenvalue weighted by atomic mass is 16.5. The van der Waals surface area contributed by atoms with Gasteiger partial charge in [0.2, 0.25) is 0 Å². The molecular formula is C8H16O2. The van der Waals surface area contributed by atoms with E-state index in [2.05, 4.69) is 13.8 Å².